The number of aromatic nitrogens is 1. The summed E-state index contributed by atoms with van der Waals surface area (Å²) >= 11 is 0. The van der Waals surface area contributed by atoms with Crippen LogP contribution in [0, 0.1) is 0 Å². The molecule has 5 heterocycles. The number of piperidine rings is 1. The molecule has 0 spiro atoms. The predicted octanol–water partition coefficient (Wildman–Crippen LogP) is 3.72. The van der Waals surface area contributed by atoms with E-state index in [1.165, 1.54) is 12.1 Å². The molecular weight excluding hydrogens is 920 g/mol. The summed E-state index contributed by atoms with van der Waals surface area (Å²) in [7, 11) is 0. The molecule has 1 aromatic heterocycles. The highest BCUT2D eigenvalue weighted by Gasteiger charge is 2.42. The zero-order valence-electron chi connectivity index (χ0n) is 39.0. The normalized spacial score (nSPS) is 19.6. The molecule has 70 heavy (non-hydrogen) atoms. The van der Waals surface area contributed by atoms with E-state index >= 15 is 0 Å². The maximum Gasteiger partial charge on any atom is 0.416 e. The van der Waals surface area contributed by atoms with Crippen LogP contribution in [0.25, 0.3) is 5.57 Å². The lowest BCUT2D eigenvalue weighted by atomic mass is 9.90. The third kappa shape index (κ3) is 13.8. The Labute approximate surface area is 403 Å². The van der Waals surface area contributed by atoms with Gasteiger partial charge in [-0.1, -0.05) is 18.2 Å². The second-order valence-corrected chi connectivity index (χ2v) is 17.0. The number of benzene rings is 2. The minimum absolute atomic E-state index is 0.114. The number of aliphatic imine (C=N–C) groups is 1. The van der Waals surface area contributed by atoms with Crippen molar-refractivity contribution >= 4 is 41.3 Å². The zero-order chi connectivity index (χ0) is 49.5. The fourth-order valence-electron chi connectivity index (χ4n) is 8.57. The number of halogens is 3. The highest BCUT2D eigenvalue weighted by Crippen LogP contribution is 2.36. The minimum Gasteiger partial charge on any atom is -0.475 e. The van der Waals surface area contributed by atoms with Crippen molar-refractivity contribution in [3.05, 3.63) is 99.9 Å². The number of imide groups is 1. The van der Waals surface area contributed by atoms with E-state index in [0.717, 1.165) is 34.4 Å². The van der Waals surface area contributed by atoms with E-state index in [4.69, 9.17) is 28.4 Å². The van der Waals surface area contributed by atoms with E-state index in [-0.39, 0.29) is 69.2 Å². The highest BCUT2D eigenvalue weighted by atomic mass is 19.4. The van der Waals surface area contributed by atoms with E-state index in [2.05, 4.69) is 25.9 Å². The van der Waals surface area contributed by atoms with Gasteiger partial charge in [0.1, 0.15) is 24.9 Å². The maximum atomic E-state index is 13.5. The number of nitrogens with one attached hydrogen (secondary N) is 3. The Morgan fingerprint density at radius 2 is 1.66 bits per heavy atom. The first-order valence-corrected chi connectivity index (χ1v) is 23.3. The number of aryl methyl sites for hydroxylation is 1. The molecule has 2 saturated heterocycles. The number of nitrogens with zero attached hydrogens (tertiary/aromatic N) is 4. The van der Waals surface area contributed by atoms with Crippen molar-refractivity contribution < 1.29 is 65.6 Å². The van der Waals surface area contributed by atoms with Crippen molar-refractivity contribution in [2.75, 3.05) is 92.3 Å². The average molecular weight is 978 g/mol. The van der Waals surface area contributed by atoms with E-state index in [0.29, 0.717) is 102 Å². The van der Waals surface area contributed by atoms with Crippen LogP contribution in [0.1, 0.15) is 75.6 Å². The lowest BCUT2D eigenvalue weighted by Crippen LogP contribution is -2.65. The Morgan fingerprint density at radius 3 is 2.40 bits per heavy atom. The first kappa shape index (κ1) is 51.7. The van der Waals surface area contributed by atoms with Crippen molar-refractivity contribution in [3.63, 3.8) is 0 Å². The molecule has 4 aliphatic rings. The largest absolute Gasteiger partial charge is 0.475 e. The number of alkyl halides is 3. The molecule has 3 N–H and O–H groups in total. The van der Waals surface area contributed by atoms with Gasteiger partial charge in [-0.05, 0) is 78.8 Å². The first-order valence-electron chi connectivity index (χ1n) is 23.3. The number of morpholine rings is 1. The third-order valence-corrected chi connectivity index (χ3v) is 12.2. The molecule has 21 heteroatoms. The summed E-state index contributed by atoms with van der Waals surface area (Å²) in [5, 5.41) is 8.07. The number of allylic oxidation sites excluding steroid dienone is 1. The molecule has 18 nitrogen and oxygen atoms in total. The van der Waals surface area contributed by atoms with Gasteiger partial charge >= 0.3 is 6.18 Å². The number of carbonyl (C=O) groups excluding carboxylic acids is 5. The van der Waals surface area contributed by atoms with Crippen LogP contribution in [-0.4, -0.2) is 155 Å². The number of hydrogen-bond acceptors (Lipinski definition) is 14. The molecule has 2 aromatic carbocycles. The van der Waals surface area contributed by atoms with Crippen LogP contribution < -0.4 is 20.7 Å². The quantitative estimate of drug-likeness (QED) is 0.0866. The molecule has 0 radical (unpaired) electrons. The zero-order valence-corrected chi connectivity index (χ0v) is 39.0. The Kier molecular flexibility index (Phi) is 18.2. The summed E-state index contributed by atoms with van der Waals surface area (Å²) in [4.78, 5) is 75.3. The van der Waals surface area contributed by atoms with E-state index in [9.17, 15) is 37.1 Å². The monoisotopic (exact) mass is 977 g/mol. The summed E-state index contributed by atoms with van der Waals surface area (Å²) in [5.74, 6) is -1.52. The van der Waals surface area contributed by atoms with Crippen molar-refractivity contribution in [2.45, 2.75) is 63.5 Å². The van der Waals surface area contributed by atoms with Crippen LogP contribution in [0.3, 0.4) is 0 Å². The lowest BCUT2D eigenvalue weighted by Gasteiger charge is -2.45. The Balaban J connectivity index is 0.717. The van der Waals surface area contributed by atoms with Gasteiger partial charge in [0.15, 0.2) is 0 Å². The Morgan fingerprint density at radius 1 is 0.914 bits per heavy atom. The van der Waals surface area contributed by atoms with Gasteiger partial charge < -0.3 is 44.0 Å². The molecule has 0 saturated carbocycles. The number of rotatable bonds is 24. The van der Waals surface area contributed by atoms with Crippen molar-refractivity contribution in [1.29, 1.82) is 0 Å². The lowest BCUT2D eigenvalue weighted by molar-refractivity contribution is -0.138. The summed E-state index contributed by atoms with van der Waals surface area (Å²) in [6, 6.07) is 12.8. The summed E-state index contributed by atoms with van der Waals surface area (Å²) < 4.78 is 73.9. The van der Waals surface area contributed by atoms with Crippen LogP contribution in [0.2, 0.25) is 0 Å². The number of hydrogen-bond donors (Lipinski definition) is 3. The Hall–Kier alpha value is -6.10. The van der Waals surface area contributed by atoms with Crippen molar-refractivity contribution in [1.82, 2.24) is 30.7 Å². The average Bonchev–Trinajstić information content (AvgIpc) is 3.69. The van der Waals surface area contributed by atoms with Crippen LogP contribution in [0.5, 0.6) is 5.88 Å². The maximum absolute atomic E-state index is 13.5. The number of carbonyl (C=O) groups is 5. The third-order valence-electron chi connectivity index (χ3n) is 12.2. The fraction of sp³-hybridized carbons (Fsp3) is 0.490. The van der Waals surface area contributed by atoms with Crippen LogP contribution >= 0.6 is 0 Å². The molecular formula is C49H58F3N7O11. The number of ether oxygens (including phenoxy) is 6. The molecule has 3 aromatic rings. The highest BCUT2D eigenvalue weighted by molar-refractivity contribution is 6.05. The van der Waals surface area contributed by atoms with Gasteiger partial charge in [-0.2, -0.15) is 13.2 Å². The van der Waals surface area contributed by atoms with E-state index in [1.807, 2.05) is 30.0 Å². The van der Waals surface area contributed by atoms with Gasteiger partial charge in [0.25, 0.3) is 11.8 Å². The smallest absolute Gasteiger partial charge is 0.416 e. The van der Waals surface area contributed by atoms with Gasteiger partial charge in [0.05, 0.1) is 58.4 Å². The number of pyridine rings is 1. The van der Waals surface area contributed by atoms with E-state index < -0.39 is 35.3 Å². The van der Waals surface area contributed by atoms with Crippen molar-refractivity contribution in [3.8, 4) is 5.88 Å². The van der Waals surface area contributed by atoms with Crippen LogP contribution in [-0.2, 0) is 57.2 Å². The molecule has 376 valence electrons. The van der Waals surface area contributed by atoms with Crippen LogP contribution in [0.4, 0.5) is 13.2 Å². The van der Waals surface area contributed by atoms with E-state index in [1.54, 1.807) is 29.4 Å². The van der Waals surface area contributed by atoms with Gasteiger partial charge in [0, 0.05) is 80.9 Å². The molecule has 2 fully saturated rings. The van der Waals surface area contributed by atoms with Gasteiger partial charge in [-0.3, -0.25) is 39.2 Å². The van der Waals surface area contributed by atoms with Gasteiger partial charge in [0.2, 0.25) is 23.6 Å². The van der Waals surface area contributed by atoms with Crippen molar-refractivity contribution in [2.24, 2.45) is 4.99 Å². The summed E-state index contributed by atoms with van der Waals surface area (Å²) in [5.41, 5.74) is 2.61. The Bertz CT molecular complexity index is 2390. The predicted molar refractivity (Wildman–Crippen MR) is 247 cm³/mol. The molecule has 0 aliphatic carbocycles. The standard InChI is InChI=1S/C49H58F3N7O11/c1-33-39(28-48(32-55-33,58-15-19-66-20-16-58)57-45(62)35-6-2-8-37(27-35)49(50,51)52)36-10-13-44(54-29-36)70-26-25-68-22-21-67-23-24-69-31-43(61)53-14-18-65-17-4-7-34-5-3-9-38-40(34)30-59(47(38)64)41-11-12-42(60)56-46(41)63/h2-3,5-6,8-10,13,27,29,32,41H,4,7,11-12,14-26,28,30-31H2,1H3,(H,53,61)(H,57,62)(H,56,60,63). The topological polar surface area (TPSA) is 209 Å². The second-order valence-electron chi connectivity index (χ2n) is 17.0. The molecule has 2 unspecified atom stereocenters. The second kappa shape index (κ2) is 24.6. The minimum atomic E-state index is -4.59. The van der Waals surface area contributed by atoms with Gasteiger partial charge in [-0.25, -0.2) is 4.98 Å². The molecule has 4 aliphatic heterocycles. The summed E-state index contributed by atoms with van der Waals surface area (Å²) in [6.45, 7) is 6.59. The summed E-state index contributed by atoms with van der Waals surface area (Å²) in [6.07, 6.45) is 0.895. The fourth-order valence-corrected chi connectivity index (χ4v) is 8.57. The molecule has 7 rings (SSSR count). The van der Waals surface area contributed by atoms with Gasteiger partial charge in [-0.15, -0.1) is 0 Å². The SMILES string of the molecule is CC1=C(c2ccc(OCCOCCOCCOCC(=O)NCCOCCCc3cccc4c3CN(C3CCC(=O)NC3=O)C4=O)nc2)CC(NC(=O)c2cccc(C(F)(F)F)c2)(N2CCOCC2)C=N1. The number of amides is 5. The van der Waals surface area contributed by atoms with Crippen LogP contribution in [0.15, 0.2) is 71.5 Å². The number of fused-ring (bicyclic) bond motifs is 1. The molecule has 2 atom stereocenters. The molecule has 5 amide bonds. The molecule has 0 bridgehead atoms. The first-order chi connectivity index (χ1) is 33.8.